The van der Waals surface area contributed by atoms with Crippen LogP contribution < -0.4 is 0 Å². The van der Waals surface area contributed by atoms with Gasteiger partial charge in [-0.2, -0.15) is 0 Å². The Morgan fingerprint density at radius 3 is 2.35 bits per heavy atom. The monoisotopic (exact) mass is 266 g/mol. The maximum absolute atomic E-state index is 4.35. The summed E-state index contributed by atoms with van der Waals surface area (Å²) >= 11 is 0. The van der Waals surface area contributed by atoms with Crippen LogP contribution in [0.4, 0.5) is 0 Å². The number of aromatic nitrogens is 2. The molecular weight excluding hydrogens is 255 g/mol. The Morgan fingerprint density at radius 1 is 0.941 bits per heavy atom. The summed E-state index contributed by atoms with van der Waals surface area (Å²) in [6.45, 7) is 7.59. The summed E-state index contributed by atoms with van der Waals surface area (Å²) in [5.41, 5.74) is 3.68. The predicted octanol–water partition coefficient (Wildman–Crippen LogP) is 3.43. The fourth-order valence-corrected chi connectivity index (χ4v) is 1.59. The molecule has 0 aliphatic heterocycles. The second-order valence-electron chi connectivity index (χ2n) is 3.29. The molecule has 0 atom stereocenters. The zero-order chi connectivity index (χ0) is 11.4. The summed E-state index contributed by atoms with van der Waals surface area (Å²) in [4.78, 5) is 8.64. The van der Waals surface area contributed by atoms with Gasteiger partial charge in [0.1, 0.15) is 0 Å². The van der Waals surface area contributed by atoms with Crippen molar-refractivity contribution in [1.82, 2.24) is 9.97 Å². The summed E-state index contributed by atoms with van der Waals surface area (Å²) in [6, 6.07) is 7.67. The minimum Gasteiger partial charge on any atom is -0.255 e. The van der Waals surface area contributed by atoms with Gasteiger partial charge in [-0.1, -0.05) is 31.4 Å². The quantitative estimate of drug-likeness (QED) is 0.796. The first kappa shape index (κ1) is 13.3. The summed E-state index contributed by atoms with van der Waals surface area (Å²) in [5, 5.41) is 0. The van der Waals surface area contributed by atoms with Crippen LogP contribution in [0.3, 0.4) is 0 Å². The van der Waals surface area contributed by atoms with Gasteiger partial charge in [0.25, 0.3) is 0 Å². The number of hydrogen-bond acceptors (Lipinski definition) is 2. The third-order valence-electron chi connectivity index (χ3n) is 2.36. The number of nitrogens with zero attached hydrogens (tertiary/aromatic N) is 2. The first-order chi connectivity index (χ1) is 7.86. The van der Waals surface area contributed by atoms with Gasteiger partial charge in [0.15, 0.2) is 0 Å². The molecule has 0 aliphatic rings. The van der Waals surface area contributed by atoms with Crippen LogP contribution in [0.25, 0.3) is 23.5 Å². The van der Waals surface area contributed by atoms with E-state index in [9.17, 15) is 0 Å². The maximum atomic E-state index is 4.35. The molecule has 2 aromatic rings. The van der Waals surface area contributed by atoms with Crippen molar-refractivity contribution >= 4 is 12.2 Å². The van der Waals surface area contributed by atoms with E-state index in [1.165, 1.54) is 0 Å². The molecule has 0 unspecified atom stereocenters. The predicted molar refractivity (Wildman–Crippen MR) is 67.7 cm³/mol. The Balaban J connectivity index is 0.00000144. The smallest absolute Gasteiger partial charge is 0.0964 e. The normalized spacial score (nSPS) is 9.18. The summed E-state index contributed by atoms with van der Waals surface area (Å²) in [6.07, 6.45) is 7.09. The number of rotatable bonds is 3. The minimum atomic E-state index is 0. The fraction of sp³-hybridized carbons (Fsp3) is 0. The van der Waals surface area contributed by atoms with Gasteiger partial charge in [-0.05, 0) is 23.8 Å². The molecule has 17 heavy (non-hydrogen) atoms. The van der Waals surface area contributed by atoms with E-state index in [-0.39, 0.29) is 16.5 Å². The van der Waals surface area contributed by atoms with E-state index in [1.54, 1.807) is 24.5 Å². The largest absolute Gasteiger partial charge is 0.255 e. The molecule has 0 aromatic carbocycles. The van der Waals surface area contributed by atoms with Crippen LogP contribution in [0.15, 0.2) is 49.8 Å². The number of pyridine rings is 2. The Morgan fingerprint density at radius 2 is 1.76 bits per heavy atom. The first-order valence-electron chi connectivity index (χ1n) is 5.02. The first-order valence-corrected chi connectivity index (χ1v) is 5.02. The van der Waals surface area contributed by atoms with Crippen molar-refractivity contribution in [2.45, 2.75) is 0 Å². The zero-order valence-corrected chi connectivity index (χ0v) is 10.2. The van der Waals surface area contributed by atoms with Gasteiger partial charge in [-0.25, -0.2) is 0 Å². The van der Waals surface area contributed by atoms with Crippen molar-refractivity contribution in [3.63, 3.8) is 0 Å². The van der Waals surface area contributed by atoms with Crippen LogP contribution in [-0.2, 0) is 16.5 Å². The third-order valence-corrected chi connectivity index (χ3v) is 2.36. The van der Waals surface area contributed by atoms with Gasteiger partial charge < -0.3 is 0 Å². The van der Waals surface area contributed by atoms with E-state index in [4.69, 9.17) is 0 Å². The number of hydrogen-bond donors (Lipinski definition) is 0. The second-order valence-corrected chi connectivity index (χ2v) is 3.29. The molecule has 0 aliphatic carbocycles. The molecule has 0 spiro atoms. The topological polar surface area (TPSA) is 25.8 Å². The molecular formula is C14H12N2Ni. The van der Waals surface area contributed by atoms with E-state index in [0.29, 0.717) is 0 Å². The van der Waals surface area contributed by atoms with Gasteiger partial charge in [0.2, 0.25) is 0 Å². The summed E-state index contributed by atoms with van der Waals surface area (Å²) in [5.74, 6) is 0. The Kier molecular flexibility index (Phi) is 4.80. The Labute approximate surface area is 111 Å². The van der Waals surface area contributed by atoms with Crippen LogP contribution in [0.1, 0.15) is 11.1 Å². The van der Waals surface area contributed by atoms with Crippen molar-refractivity contribution in [3.8, 4) is 11.4 Å². The molecule has 2 aromatic heterocycles. The van der Waals surface area contributed by atoms with E-state index in [2.05, 4.69) is 23.1 Å². The molecule has 88 valence electrons. The molecule has 0 radical (unpaired) electrons. The van der Waals surface area contributed by atoms with E-state index in [0.717, 1.165) is 22.5 Å². The summed E-state index contributed by atoms with van der Waals surface area (Å²) < 4.78 is 0. The van der Waals surface area contributed by atoms with Gasteiger partial charge in [0.05, 0.1) is 11.4 Å². The van der Waals surface area contributed by atoms with Gasteiger partial charge in [-0.15, -0.1) is 0 Å². The zero-order valence-electron chi connectivity index (χ0n) is 9.24. The van der Waals surface area contributed by atoms with Crippen LogP contribution in [0, 0.1) is 0 Å². The van der Waals surface area contributed by atoms with E-state index in [1.807, 2.05) is 24.3 Å². The molecule has 0 bridgehead atoms. The molecule has 0 saturated carbocycles. The van der Waals surface area contributed by atoms with Gasteiger partial charge in [0, 0.05) is 34.4 Å². The van der Waals surface area contributed by atoms with Crippen molar-refractivity contribution in [1.29, 1.82) is 0 Å². The maximum Gasteiger partial charge on any atom is 0.0964 e. The van der Waals surface area contributed by atoms with Crippen LogP contribution >= 0.6 is 0 Å². The van der Waals surface area contributed by atoms with E-state index >= 15 is 0 Å². The van der Waals surface area contributed by atoms with Crippen molar-refractivity contribution in [2.75, 3.05) is 0 Å². The summed E-state index contributed by atoms with van der Waals surface area (Å²) in [7, 11) is 0. The standard InChI is InChI=1S/C14H12N2.Ni/c1-3-11-8-10-16-14(12(11)4-2)13-7-5-6-9-15-13;/h3-10H,1-2H2;. The van der Waals surface area contributed by atoms with Gasteiger partial charge in [-0.3, -0.25) is 9.97 Å². The third kappa shape index (κ3) is 2.69. The average molecular weight is 267 g/mol. The van der Waals surface area contributed by atoms with Crippen LogP contribution in [-0.4, -0.2) is 9.97 Å². The van der Waals surface area contributed by atoms with Crippen molar-refractivity contribution in [2.24, 2.45) is 0 Å². The Bertz CT molecular complexity index is 521. The minimum absolute atomic E-state index is 0. The average Bonchev–Trinajstić information content (AvgIpc) is 2.38. The molecule has 2 nitrogen and oxygen atoms in total. The van der Waals surface area contributed by atoms with Crippen LogP contribution in [0.5, 0.6) is 0 Å². The van der Waals surface area contributed by atoms with Crippen molar-refractivity contribution < 1.29 is 16.5 Å². The second kappa shape index (κ2) is 6.12. The molecule has 2 heterocycles. The molecule has 0 amide bonds. The SMILES string of the molecule is C=Cc1ccnc(-c2ccccn2)c1C=C.[Ni]. The Hall–Kier alpha value is -1.73. The van der Waals surface area contributed by atoms with Crippen molar-refractivity contribution in [3.05, 3.63) is 60.9 Å². The fourth-order valence-electron chi connectivity index (χ4n) is 1.59. The molecule has 0 fully saturated rings. The van der Waals surface area contributed by atoms with Gasteiger partial charge >= 0.3 is 0 Å². The van der Waals surface area contributed by atoms with E-state index < -0.39 is 0 Å². The molecule has 3 heteroatoms. The molecule has 2 rings (SSSR count). The molecule has 0 N–H and O–H groups in total. The molecule has 0 saturated heterocycles. The van der Waals surface area contributed by atoms with Crippen LogP contribution in [0.2, 0.25) is 0 Å².